The highest BCUT2D eigenvalue weighted by molar-refractivity contribution is 5.07. The fourth-order valence-electron chi connectivity index (χ4n) is 2.09. The molecule has 1 aliphatic rings. The monoisotopic (exact) mass is 223 g/mol. The van der Waals surface area contributed by atoms with E-state index in [9.17, 15) is 0 Å². The van der Waals surface area contributed by atoms with Gasteiger partial charge in [0.25, 0.3) is 0 Å². The molecule has 2 heterocycles. The number of aryl methyl sites for hydroxylation is 1. The minimum absolute atomic E-state index is 0.0758. The summed E-state index contributed by atoms with van der Waals surface area (Å²) in [6.45, 7) is 3.89. The molecule has 90 valence electrons. The van der Waals surface area contributed by atoms with E-state index in [1.54, 1.807) is 0 Å². The third kappa shape index (κ3) is 3.06. The molecular weight excluding hydrogens is 202 g/mol. The molecule has 2 N–H and O–H groups in total. The molecule has 0 radical (unpaired) electrons. The van der Waals surface area contributed by atoms with E-state index in [1.807, 2.05) is 24.0 Å². The van der Waals surface area contributed by atoms with Gasteiger partial charge in [-0.2, -0.15) is 5.10 Å². The maximum Gasteiger partial charge on any atom is 0.0576 e. The number of nitrogens with two attached hydrogens (primary N) is 1. The zero-order valence-electron chi connectivity index (χ0n) is 9.93. The van der Waals surface area contributed by atoms with E-state index in [1.165, 1.54) is 12.8 Å². The summed E-state index contributed by atoms with van der Waals surface area (Å²) in [4.78, 5) is 0. The smallest absolute Gasteiger partial charge is 0.0576 e. The quantitative estimate of drug-likeness (QED) is 0.829. The molecule has 1 aromatic rings. The Morgan fingerprint density at radius 1 is 1.69 bits per heavy atom. The first-order valence-corrected chi connectivity index (χ1v) is 6.15. The van der Waals surface area contributed by atoms with Crippen molar-refractivity contribution in [2.75, 3.05) is 6.61 Å². The molecule has 0 amide bonds. The van der Waals surface area contributed by atoms with E-state index < -0.39 is 0 Å². The van der Waals surface area contributed by atoms with E-state index in [-0.39, 0.29) is 6.04 Å². The van der Waals surface area contributed by atoms with Crippen LogP contribution in [0.5, 0.6) is 0 Å². The Labute approximate surface area is 96.8 Å². The van der Waals surface area contributed by atoms with Gasteiger partial charge in [-0.3, -0.25) is 4.68 Å². The zero-order chi connectivity index (χ0) is 11.4. The molecular formula is C12H21N3O. The summed E-state index contributed by atoms with van der Waals surface area (Å²) in [5, 5.41) is 4.30. The predicted octanol–water partition coefficient (Wildman–Crippen LogP) is 1.86. The van der Waals surface area contributed by atoms with Crippen molar-refractivity contribution in [2.24, 2.45) is 5.73 Å². The van der Waals surface area contributed by atoms with Crippen molar-refractivity contribution in [3.63, 3.8) is 0 Å². The Kier molecular flexibility index (Phi) is 3.96. The van der Waals surface area contributed by atoms with Crippen molar-refractivity contribution in [1.82, 2.24) is 9.78 Å². The topological polar surface area (TPSA) is 53.1 Å². The standard InChI is InChI=1S/C12H21N3O/c1-10(13)11-8-14-15(9-11)6-2-4-12-5-3-7-16-12/h8-10,12H,2-7,13H2,1H3. The van der Waals surface area contributed by atoms with Crippen LogP contribution in [0.3, 0.4) is 0 Å². The van der Waals surface area contributed by atoms with Gasteiger partial charge in [-0.25, -0.2) is 0 Å². The largest absolute Gasteiger partial charge is 0.378 e. The lowest BCUT2D eigenvalue weighted by Gasteiger charge is -2.08. The van der Waals surface area contributed by atoms with Gasteiger partial charge in [0.2, 0.25) is 0 Å². The van der Waals surface area contributed by atoms with Crippen LogP contribution in [0.2, 0.25) is 0 Å². The Bertz CT molecular complexity index is 316. The lowest BCUT2D eigenvalue weighted by atomic mass is 10.1. The van der Waals surface area contributed by atoms with Crippen molar-refractivity contribution in [3.8, 4) is 0 Å². The van der Waals surface area contributed by atoms with Crippen molar-refractivity contribution in [2.45, 2.75) is 51.3 Å². The maximum absolute atomic E-state index is 5.78. The van der Waals surface area contributed by atoms with Crippen LogP contribution in [-0.4, -0.2) is 22.5 Å². The maximum atomic E-state index is 5.78. The number of nitrogens with zero attached hydrogens (tertiary/aromatic N) is 2. The van der Waals surface area contributed by atoms with Crippen LogP contribution in [0.25, 0.3) is 0 Å². The van der Waals surface area contributed by atoms with Crippen LogP contribution < -0.4 is 5.73 Å². The molecule has 2 unspecified atom stereocenters. The predicted molar refractivity (Wildman–Crippen MR) is 63.0 cm³/mol. The molecule has 4 nitrogen and oxygen atoms in total. The van der Waals surface area contributed by atoms with E-state index in [2.05, 4.69) is 5.10 Å². The molecule has 0 aliphatic carbocycles. The molecule has 2 atom stereocenters. The van der Waals surface area contributed by atoms with Gasteiger partial charge in [0, 0.05) is 31.0 Å². The van der Waals surface area contributed by atoms with Crippen molar-refractivity contribution in [1.29, 1.82) is 0 Å². The molecule has 1 fully saturated rings. The van der Waals surface area contributed by atoms with Crippen molar-refractivity contribution >= 4 is 0 Å². The molecule has 0 spiro atoms. The average Bonchev–Trinajstić information content (AvgIpc) is 2.87. The summed E-state index contributed by atoms with van der Waals surface area (Å²) in [5.74, 6) is 0. The molecule has 0 saturated carbocycles. The highest BCUT2D eigenvalue weighted by atomic mass is 16.5. The molecule has 1 aromatic heterocycles. The summed E-state index contributed by atoms with van der Waals surface area (Å²) in [6.07, 6.45) is 9.11. The zero-order valence-corrected chi connectivity index (χ0v) is 9.93. The van der Waals surface area contributed by atoms with Gasteiger partial charge in [0.15, 0.2) is 0 Å². The Hall–Kier alpha value is -0.870. The second kappa shape index (κ2) is 5.46. The van der Waals surface area contributed by atoms with E-state index in [0.717, 1.165) is 31.6 Å². The fourth-order valence-corrected chi connectivity index (χ4v) is 2.09. The van der Waals surface area contributed by atoms with Gasteiger partial charge >= 0.3 is 0 Å². The summed E-state index contributed by atoms with van der Waals surface area (Å²) < 4.78 is 7.56. The fraction of sp³-hybridized carbons (Fsp3) is 0.750. The SMILES string of the molecule is CC(N)c1cnn(CCCC2CCCO2)c1. The van der Waals surface area contributed by atoms with E-state index >= 15 is 0 Å². The number of ether oxygens (including phenoxy) is 1. The summed E-state index contributed by atoms with van der Waals surface area (Å²) >= 11 is 0. The van der Waals surface area contributed by atoms with Crippen LogP contribution in [0.15, 0.2) is 12.4 Å². The molecule has 2 rings (SSSR count). The first-order valence-electron chi connectivity index (χ1n) is 6.15. The van der Waals surface area contributed by atoms with Crippen LogP contribution >= 0.6 is 0 Å². The third-order valence-electron chi connectivity index (χ3n) is 3.12. The lowest BCUT2D eigenvalue weighted by Crippen LogP contribution is -2.07. The average molecular weight is 223 g/mol. The minimum atomic E-state index is 0.0758. The van der Waals surface area contributed by atoms with Gasteiger partial charge in [-0.1, -0.05) is 0 Å². The first-order chi connectivity index (χ1) is 7.75. The summed E-state index contributed by atoms with van der Waals surface area (Å²) in [6, 6.07) is 0.0758. The van der Waals surface area contributed by atoms with Crippen LogP contribution in [0.1, 0.15) is 44.2 Å². The van der Waals surface area contributed by atoms with Crippen molar-refractivity contribution in [3.05, 3.63) is 18.0 Å². The molecule has 0 aromatic carbocycles. The van der Waals surface area contributed by atoms with Crippen LogP contribution in [0.4, 0.5) is 0 Å². The van der Waals surface area contributed by atoms with Gasteiger partial charge in [-0.05, 0) is 32.6 Å². The summed E-state index contributed by atoms with van der Waals surface area (Å²) in [7, 11) is 0. The number of hydrogen-bond acceptors (Lipinski definition) is 3. The third-order valence-corrected chi connectivity index (χ3v) is 3.12. The van der Waals surface area contributed by atoms with Gasteiger partial charge in [0.05, 0.1) is 12.3 Å². The number of rotatable bonds is 5. The highest BCUT2D eigenvalue weighted by Crippen LogP contribution is 2.17. The Morgan fingerprint density at radius 3 is 3.19 bits per heavy atom. The van der Waals surface area contributed by atoms with Gasteiger partial charge in [-0.15, -0.1) is 0 Å². The van der Waals surface area contributed by atoms with E-state index in [4.69, 9.17) is 10.5 Å². The van der Waals surface area contributed by atoms with Crippen LogP contribution in [-0.2, 0) is 11.3 Å². The molecule has 1 aliphatic heterocycles. The van der Waals surface area contributed by atoms with Crippen molar-refractivity contribution < 1.29 is 4.74 Å². The lowest BCUT2D eigenvalue weighted by molar-refractivity contribution is 0.101. The number of hydrogen-bond donors (Lipinski definition) is 1. The van der Waals surface area contributed by atoms with Crippen LogP contribution in [0, 0.1) is 0 Å². The normalized spacial score (nSPS) is 22.5. The molecule has 4 heteroatoms. The van der Waals surface area contributed by atoms with Gasteiger partial charge in [0.1, 0.15) is 0 Å². The van der Waals surface area contributed by atoms with Gasteiger partial charge < -0.3 is 10.5 Å². The number of aromatic nitrogens is 2. The minimum Gasteiger partial charge on any atom is -0.378 e. The molecule has 0 bridgehead atoms. The second-order valence-electron chi connectivity index (χ2n) is 4.60. The molecule has 16 heavy (non-hydrogen) atoms. The highest BCUT2D eigenvalue weighted by Gasteiger charge is 2.14. The first kappa shape index (κ1) is 11.6. The molecule has 1 saturated heterocycles. The van der Waals surface area contributed by atoms with E-state index in [0.29, 0.717) is 6.10 Å². The Morgan fingerprint density at radius 2 is 2.56 bits per heavy atom. The summed E-state index contributed by atoms with van der Waals surface area (Å²) in [5.41, 5.74) is 6.89. The Balaban J connectivity index is 1.72. The second-order valence-corrected chi connectivity index (χ2v) is 4.60.